The van der Waals surface area contributed by atoms with Crippen LogP contribution in [0, 0.1) is 0 Å². The molecule has 0 saturated carbocycles. The van der Waals surface area contributed by atoms with E-state index in [0.717, 1.165) is 19.4 Å². The third-order valence-corrected chi connectivity index (χ3v) is 1.61. The van der Waals surface area contributed by atoms with Gasteiger partial charge in [-0.15, -0.1) is 0 Å². The molecule has 3 nitrogen and oxygen atoms in total. The standard InChI is InChI=1S/C9H14O3/c1-8(10)11-6-4-2-3-5-9-7-12-9/h2,4,9H,3,5-7H2,1H3/b4-2+. The van der Waals surface area contributed by atoms with E-state index >= 15 is 0 Å². The maximum atomic E-state index is 10.3. The van der Waals surface area contributed by atoms with Crippen molar-refractivity contribution in [3.8, 4) is 0 Å². The molecule has 0 amide bonds. The van der Waals surface area contributed by atoms with Crippen LogP contribution < -0.4 is 0 Å². The Labute approximate surface area is 72.4 Å². The smallest absolute Gasteiger partial charge is 0.302 e. The maximum Gasteiger partial charge on any atom is 0.302 e. The first-order valence-corrected chi connectivity index (χ1v) is 4.19. The van der Waals surface area contributed by atoms with Gasteiger partial charge in [-0.25, -0.2) is 0 Å². The summed E-state index contributed by atoms with van der Waals surface area (Å²) in [5.41, 5.74) is 0. The zero-order valence-electron chi connectivity index (χ0n) is 7.29. The molecule has 68 valence electrons. The summed E-state index contributed by atoms with van der Waals surface area (Å²) < 4.78 is 9.74. The minimum absolute atomic E-state index is 0.231. The third-order valence-electron chi connectivity index (χ3n) is 1.61. The van der Waals surface area contributed by atoms with Crippen molar-refractivity contribution in [3.63, 3.8) is 0 Å². The van der Waals surface area contributed by atoms with E-state index in [-0.39, 0.29) is 5.97 Å². The monoisotopic (exact) mass is 170 g/mol. The predicted octanol–water partition coefficient (Wildman–Crippen LogP) is 1.28. The van der Waals surface area contributed by atoms with Gasteiger partial charge in [-0.3, -0.25) is 4.79 Å². The summed E-state index contributed by atoms with van der Waals surface area (Å²) in [6, 6.07) is 0. The summed E-state index contributed by atoms with van der Waals surface area (Å²) >= 11 is 0. The Bertz CT molecular complexity index is 171. The molecule has 1 fully saturated rings. The fourth-order valence-electron chi connectivity index (χ4n) is 0.868. The highest BCUT2D eigenvalue weighted by molar-refractivity contribution is 5.65. The molecule has 0 aromatic heterocycles. The lowest BCUT2D eigenvalue weighted by molar-refractivity contribution is -0.139. The van der Waals surface area contributed by atoms with Gasteiger partial charge in [-0.05, 0) is 12.8 Å². The van der Waals surface area contributed by atoms with E-state index in [9.17, 15) is 4.79 Å². The Morgan fingerprint density at radius 1 is 1.67 bits per heavy atom. The van der Waals surface area contributed by atoms with Gasteiger partial charge in [-0.2, -0.15) is 0 Å². The van der Waals surface area contributed by atoms with Gasteiger partial charge in [0.25, 0.3) is 0 Å². The topological polar surface area (TPSA) is 38.8 Å². The average Bonchev–Trinajstić information content (AvgIpc) is 2.79. The third kappa shape index (κ3) is 4.91. The highest BCUT2D eigenvalue weighted by Gasteiger charge is 2.20. The van der Waals surface area contributed by atoms with Gasteiger partial charge in [0.05, 0.1) is 12.7 Å². The summed E-state index contributed by atoms with van der Waals surface area (Å²) in [4.78, 5) is 10.3. The molecule has 1 aliphatic heterocycles. The average molecular weight is 170 g/mol. The second-order valence-electron chi connectivity index (χ2n) is 2.81. The van der Waals surface area contributed by atoms with Crippen molar-refractivity contribution >= 4 is 5.97 Å². The van der Waals surface area contributed by atoms with Crippen LogP contribution in [0.3, 0.4) is 0 Å². The molecule has 1 aliphatic rings. The van der Waals surface area contributed by atoms with Crippen molar-refractivity contribution < 1.29 is 14.3 Å². The van der Waals surface area contributed by atoms with Gasteiger partial charge in [0, 0.05) is 6.92 Å². The van der Waals surface area contributed by atoms with Gasteiger partial charge in [0.15, 0.2) is 0 Å². The van der Waals surface area contributed by atoms with Crippen LogP contribution in [0.25, 0.3) is 0 Å². The first kappa shape index (κ1) is 9.26. The Morgan fingerprint density at radius 3 is 3.00 bits per heavy atom. The molecule has 0 radical (unpaired) electrons. The lowest BCUT2D eigenvalue weighted by Crippen LogP contribution is -1.97. The fourth-order valence-corrected chi connectivity index (χ4v) is 0.868. The summed E-state index contributed by atoms with van der Waals surface area (Å²) in [5, 5.41) is 0. The largest absolute Gasteiger partial charge is 0.462 e. The second-order valence-corrected chi connectivity index (χ2v) is 2.81. The molecule has 1 saturated heterocycles. The molecule has 3 heteroatoms. The van der Waals surface area contributed by atoms with Crippen LogP contribution in [0.15, 0.2) is 12.2 Å². The Kier molecular flexibility index (Phi) is 3.80. The number of allylic oxidation sites excluding steroid dienone is 1. The van der Waals surface area contributed by atoms with Crippen molar-refractivity contribution in [2.75, 3.05) is 13.2 Å². The molecular formula is C9H14O3. The molecule has 0 aliphatic carbocycles. The predicted molar refractivity (Wildman–Crippen MR) is 44.7 cm³/mol. The quantitative estimate of drug-likeness (QED) is 0.354. The molecule has 12 heavy (non-hydrogen) atoms. The van der Waals surface area contributed by atoms with E-state index in [2.05, 4.69) is 0 Å². The van der Waals surface area contributed by atoms with Crippen LogP contribution in [0.2, 0.25) is 0 Å². The normalized spacial score (nSPS) is 21.2. The maximum absolute atomic E-state index is 10.3. The van der Waals surface area contributed by atoms with E-state index in [1.165, 1.54) is 6.92 Å². The van der Waals surface area contributed by atoms with Crippen molar-refractivity contribution in [3.05, 3.63) is 12.2 Å². The minimum Gasteiger partial charge on any atom is -0.462 e. The molecule has 0 aromatic rings. The zero-order chi connectivity index (χ0) is 8.81. The molecule has 0 N–H and O–H groups in total. The summed E-state index contributed by atoms with van der Waals surface area (Å²) in [6.45, 7) is 2.71. The van der Waals surface area contributed by atoms with E-state index in [1.54, 1.807) is 0 Å². The number of hydrogen-bond acceptors (Lipinski definition) is 3. The fraction of sp³-hybridized carbons (Fsp3) is 0.667. The van der Waals surface area contributed by atoms with Crippen LogP contribution in [0.4, 0.5) is 0 Å². The highest BCUT2D eigenvalue weighted by atomic mass is 16.6. The van der Waals surface area contributed by atoms with Crippen LogP contribution >= 0.6 is 0 Å². The Hall–Kier alpha value is -0.830. The summed E-state index contributed by atoms with van der Waals surface area (Å²) in [6.07, 6.45) is 6.46. The number of carbonyl (C=O) groups is 1. The molecule has 0 aromatic carbocycles. The van der Waals surface area contributed by atoms with Crippen molar-refractivity contribution in [1.82, 2.24) is 0 Å². The summed E-state index contributed by atoms with van der Waals surface area (Å²) in [5.74, 6) is -0.231. The van der Waals surface area contributed by atoms with Crippen LogP contribution in [0.5, 0.6) is 0 Å². The number of rotatable bonds is 5. The second kappa shape index (κ2) is 4.93. The van der Waals surface area contributed by atoms with E-state index in [1.807, 2.05) is 12.2 Å². The van der Waals surface area contributed by atoms with Crippen molar-refractivity contribution in [2.24, 2.45) is 0 Å². The molecule has 1 rings (SSSR count). The molecule has 0 spiro atoms. The van der Waals surface area contributed by atoms with Crippen LogP contribution in [-0.4, -0.2) is 25.3 Å². The minimum atomic E-state index is -0.231. The first-order valence-electron chi connectivity index (χ1n) is 4.19. The SMILES string of the molecule is CC(=O)OC/C=C/CCC1CO1. The Balaban J connectivity index is 1.86. The number of carbonyl (C=O) groups excluding carboxylic acids is 1. The van der Waals surface area contributed by atoms with Gasteiger partial charge >= 0.3 is 5.97 Å². The summed E-state index contributed by atoms with van der Waals surface area (Å²) in [7, 11) is 0. The van der Waals surface area contributed by atoms with E-state index in [0.29, 0.717) is 12.7 Å². The van der Waals surface area contributed by atoms with E-state index < -0.39 is 0 Å². The Morgan fingerprint density at radius 2 is 2.42 bits per heavy atom. The van der Waals surface area contributed by atoms with Crippen LogP contribution in [0.1, 0.15) is 19.8 Å². The highest BCUT2D eigenvalue weighted by Crippen LogP contribution is 2.15. The molecule has 1 unspecified atom stereocenters. The molecular weight excluding hydrogens is 156 g/mol. The lowest BCUT2D eigenvalue weighted by Gasteiger charge is -1.94. The van der Waals surface area contributed by atoms with Crippen molar-refractivity contribution in [1.29, 1.82) is 0 Å². The first-order chi connectivity index (χ1) is 5.79. The number of ether oxygens (including phenoxy) is 2. The van der Waals surface area contributed by atoms with Crippen molar-refractivity contribution in [2.45, 2.75) is 25.9 Å². The number of epoxide rings is 1. The number of hydrogen-bond donors (Lipinski definition) is 0. The van der Waals surface area contributed by atoms with Gasteiger partial charge in [0.1, 0.15) is 6.61 Å². The molecule has 1 heterocycles. The van der Waals surface area contributed by atoms with E-state index in [4.69, 9.17) is 9.47 Å². The van der Waals surface area contributed by atoms with Crippen LogP contribution in [-0.2, 0) is 14.3 Å². The van der Waals surface area contributed by atoms with Gasteiger partial charge in [0.2, 0.25) is 0 Å². The molecule has 1 atom stereocenters. The lowest BCUT2D eigenvalue weighted by atomic mass is 10.2. The van der Waals surface area contributed by atoms with Gasteiger partial charge in [-0.1, -0.05) is 12.2 Å². The van der Waals surface area contributed by atoms with Gasteiger partial charge < -0.3 is 9.47 Å². The zero-order valence-corrected chi connectivity index (χ0v) is 7.29. The molecule has 0 bridgehead atoms. The number of esters is 1.